The van der Waals surface area contributed by atoms with Crippen LogP contribution in [0.2, 0.25) is 5.02 Å². The summed E-state index contributed by atoms with van der Waals surface area (Å²) in [4.78, 5) is 17.1. The lowest BCUT2D eigenvalue weighted by molar-refractivity contribution is 0.0416. The van der Waals surface area contributed by atoms with Gasteiger partial charge in [0.2, 0.25) is 0 Å². The van der Waals surface area contributed by atoms with Crippen molar-refractivity contribution in [2.75, 3.05) is 26.2 Å². The van der Waals surface area contributed by atoms with E-state index in [4.69, 9.17) is 16.3 Å². The maximum Gasteiger partial charge on any atom is 0.253 e. The molecule has 4 rings (SSSR count). The molecule has 0 saturated carbocycles. The van der Waals surface area contributed by atoms with Gasteiger partial charge in [0.25, 0.3) is 5.91 Å². The van der Waals surface area contributed by atoms with Gasteiger partial charge in [0, 0.05) is 42.8 Å². The first-order valence-electron chi connectivity index (χ1n) is 10.3. The molecule has 2 saturated heterocycles. The Balaban J connectivity index is 1.25. The van der Waals surface area contributed by atoms with Gasteiger partial charge in [-0.2, -0.15) is 0 Å². The second-order valence-corrected chi connectivity index (χ2v) is 8.25. The van der Waals surface area contributed by atoms with Gasteiger partial charge in [0.1, 0.15) is 6.10 Å². The predicted octanol–water partition coefficient (Wildman–Crippen LogP) is 4.63. The molecule has 2 aromatic rings. The van der Waals surface area contributed by atoms with E-state index in [1.165, 1.54) is 6.07 Å². The maximum atomic E-state index is 13.8. The van der Waals surface area contributed by atoms with E-state index in [9.17, 15) is 9.18 Å². The molecule has 0 aliphatic carbocycles. The van der Waals surface area contributed by atoms with Crippen LogP contribution in [0.25, 0.3) is 0 Å². The summed E-state index contributed by atoms with van der Waals surface area (Å²) in [6.45, 7) is 3.43. The van der Waals surface area contributed by atoms with Crippen LogP contribution in [-0.4, -0.2) is 54.0 Å². The maximum absolute atomic E-state index is 13.8. The summed E-state index contributed by atoms with van der Waals surface area (Å²) in [7, 11) is 0. The van der Waals surface area contributed by atoms with Gasteiger partial charge in [-0.1, -0.05) is 29.8 Å². The number of benzene rings is 2. The minimum atomic E-state index is -0.299. The summed E-state index contributed by atoms with van der Waals surface area (Å²) in [5.74, 6) is 0.105. The summed E-state index contributed by atoms with van der Waals surface area (Å²) in [6.07, 6.45) is 3.81. The van der Waals surface area contributed by atoms with Crippen molar-refractivity contribution in [1.82, 2.24) is 9.80 Å². The van der Waals surface area contributed by atoms with Crippen molar-refractivity contribution < 1.29 is 13.9 Å². The second kappa shape index (κ2) is 9.14. The molecule has 4 nitrogen and oxygen atoms in total. The number of ether oxygens (including phenoxy) is 1. The van der Waals surface area contributed by atoms with Gasteiger partial charge < -0.3 is 9.64 Å². The molecule has 0 spiro atoms. The van der Waals surface area contributed by atoms with Crippen molar-refractivity contribution in [2.45, 2.75) is 37.8 Å². The molecule has 0 unspecified atom stereocenters. The van der Waals surface area contributed by atoms with E-state index >= 15 is 0 Å². The zero-order valence-corrected chi connectivity index (χ0v) is 17.2. The molecule has 2 aliphatic rings. The SMILES string of the molecule is O=C(c1cccc(Cl)c1)N1CCC(N2CCC(Oc3ccccc3F)CC2)CC1. The highest BCUT2D eigenvalue weighted by Crippen LogP contribution is 2.26. The van der Waals surface area contributed by atoms with Gasteiger partial charge in [-0.05, 0) is 56.0 Å². The molecule has 0 aromatic heterocycles. The number of halogens is 2. The van der Waals surface area contributed by atoms with Gasteiger partial charge >= 0.3 is 0 Å². The molecule has 2 heterocycles. The molecule has 2 aromatic carbocycles. The number of carbonyl (C=O) groups is 1. The van der Waals surface area contributed by atoms with Crippen LogP contribution in [0.3, 0.4) is 0 Å². The fraction of sp³-hybridized carbons (Fsp3) is 0.435. The monoisotopic (exact) mass is 416 g/mol. The molecule has 1 amide bonds. The van der Waals surface area contributed by atoms with Crippen LogP contribution in [-0.2, 0) is 0 Å². The molecule has 6 heteroatoms. The Labute approximate surface area is 176 Å². The Morgan fingerprint density at radius 3 is 2.38 bits per heavy atom. The van der Waals surface area contributed by atoms with Crippen LogP contribution in [0.5, 0.6) is 5.75 Å². The molecule has 0 bridgehead atoms. The van der Waals surface area contributed by atoms with Crippen molar-refractivity contribution in [3.05, 3.63) is 64.9 Å². The molecular formula is C23H26ClFN2O2. The Hall–Kier alpha value is -2.11. The lowest BCUT2D eigenvalue weighted by Gasteiger charge is -2.41. The number of nitrogens with zero attached hydrogens (tertiary/aromatic N) is 2. The number of rotatable bonds is 4. The number of hydrogen-bond donors (Lipinski definition) is 0. The van der Waals surface area contributed by atoms with Gasteiger partial charge in [-0.15, -0.1) is 0 Å². The van der Waals surface area contributed by atoms with Gasteiger partial charge in [-0.3, -0.25) is 9.69 Å². The largest absolute Gasteiger partial charge is 0.487 e. The van der Waals surface area contributed by atoms with E-state index in [1.54, 1.807) is 30.3 Å². The molecule has 154 valence electrons. The van der Waals surface area contributed by atoms with Crippen molar-refractivity contribution in [2.24, 2.45) is 0 Å². The molecule has 2 aliphatic heterocycles. The summed E-state index contributed by atoms with van der Waals surface area (Å²) in [6, 6.07) is 14.2. The zero-order chi connectivity index (χ0) is 20.2. The van der Waals surface area contributed by atoms with Crippen LogP contribution in [0.15, 0.2) is 48.5 Å². The Kier molecular flexibility index (Phi) is 6.36. The lowest BCUT2D eigenvalue weighted by atomic mass is 9.98. The van der Waals surface area contributed by atoms with Crippen LogP contribution < -0.4 is 4.74 Å². The topological polar surface area (TPSA) is 32.8 Å². The highest BCUT2D eigenvalue weighted by molar-refractivity contribution is 6.30. The molecule has 0 radical (unpaired) electrons. The minimum absolute atomic E-state index is 0.0583. The number of para-hydroxylation sites is 1. The number of piperidine rings is 2. The quantitative estimate of drug-likeness (QED) is 0.728. The standard InChI is InChI=1S/C23H26ClFN2O2/c24-18-5-3-4-17(16-18)23(28)27-12-8-19(9-13-27)26-14-10-20(11-15-26)29-22-7-2-1-6-21(22)25/h1-7,16,19-20H,8-15H2. The van der Waals surface area contributed by atoms with Gasteiger partial charge in [-0.25, -0.2) is 4.39 Å². The van der Waals surface area contributed by atoms with Crippen molar-refractivity contribution >= 4 is 17.5 Å². The number of amides is 1. The van der Waals surface area contributed by atoms with Crippen LogP contribution >= 0.6 is 11.6 Å². The Bertz CT molecular complexity index is 846. The predicted molar refractivity (Wildman–Crippen MR) is 112 cm³/mol. The third kappa shape index (κ3) is 4.90. The molecule has 2 fully saturated rings. The minimum Gasteiger partial charge on any atom is -0.487 e. The molecule has 29 heavy (non-hydrogen) atoms. The van der Waals surface area contributed by atoms with Crippen LogP contribution in [0.4, 0.5) is 4.39 Å². The molecule has 0 atom stereocenters. The van der Waals surface area contributed by atoms with E-state index in [1.807, 2.05) is 17.0 Å². The normalized spacial score (nSPS) is 19.3. The number of carbonyl (C=O) groups excluding carboxylic acids is 1. The lowest BCUT2D eigenvalue weighted by Crippen LogP contribution is -2.50. The number of likely N-dealkylation sites (tertiary alicyclic amines) is 2. The van der Waals surface area contributed by atoms with Crippen molar-refractivity contribution in [1.29, 1.82) is 0 Å². The van der Waals surface area contributed by atoms with Crippen molar-refractivity contribution in [3.63, 3.8) is 0 Å². The first-order valence-corrected chi connectivity index (χ1v) is 10.7. The van der Waals surface area contributed by atoms with E-state index in [2.05, 4.69) is 4.90 Å². The number of hydrogen-bond acceptors (Lipinski definition) is 3. The summed E-state index contributed by atoms with van der Waals surface area (Å²) >= 11 is 6.02. The first-order chi connectivity index (χ1) is 14.1. The fourth-order valence-electron chi connectivity index (χ4n) is 4.32. The third-order valence-electron chi connectivity index (χ3n) is 5.95. The van der Waals surface area contributed by atoms with E-state index in [0.29, 0.717) is 22.4 Å². The van der Waals surface area contributed by atoms with E-state index in [0.717, 1.165) is 51.9 Å². The smallest absolute Gasteiger partial charge is 0.253 e. The van der Waals surface area contributed by atoms with Gasteiger partial charge in [0.15, 0.2) is 11.6 Å². The molecular weight excluding hydrogens is 391 g/mol. The van der Waals surface area contributed by atoms with Gasteiger partial charge in [0.05, 0.1) is 0 Å². The average Bonchev–Trinajstić information content (AvgIpc) is 2.75. The Morgan fingerprint density at radius 2 is 1.69 bits per heavy atom. The zero-order valence-electron chi connectivity index (χ0n) is 16.4. The van der Waals surface area contributed by atoms with E-state index < -0.39 is 0 Å². The van der Waals surface area contributed by atoms with Crippen LogP contribution in [0, 0.1) is 5.82 Å². The average molecular weight is 417 g/mol. The van der Waals surface area contributed by atoms with Crippen molar-refractivity contribution in [3.8, 4) is 5.75 Å². The van der Waals surface area contributed by atoms with E-state index in [-0.39, 0.29) is 17.8 Å². The van der Waals surface area contributed by atoms with Crippen LogP contribution in [0.1, 0.15) is 36.0 Å². The summed E-state index contributed by atoms with van der Waals surface area (Å²) in [5, 5.41) is 0.589. The third-order valence-corrected chi connectivity index (χ3v) is 6.18. The Morgan fingerprint density at radius 1 is 0.966 bits per heavy atom. The second-order valence-electron chi connectivity index (χ2n) is 7.82. The summed E-state index contributed by atoms with van der Waals surface area (Å²) in [5.41, 5.74) is 0.655. The highest BCUT2D eigenvalue weighted by atomic mass is 35.5. The highest BCUT2D eigenvalue weighted by Gasteiger charge is 2.30. The summed E-state index contributed by atoms with van der Waals surface area (Å²) < 4.78 is 19.6. The molecule has 0 N–H and O–H groups in total. The first kappa shape index (κ1) is 20.2. The fourth-order valence-corrected chi connectivity index (χ4v) is 4.51.